The summed E-state index contributed by atoms with van der Waals surface area (Å²) in [7, 11) is 0. The third-order valence-electron chi connectivity index (χ3n) is 1.71. The average molecular weight is 180 g/mol. The van der Waals surface area contributed by atoms with Gasteiger partial charge in [0.05, 0.1) is 0 Å². The maximum absolute atomic E-state index is 12.7. The molecule has 0 amide bonds. The molecule has 0 aromatic carbocycles. The first-order chi connectivity index (χ1) is 6.27. The summed E-state index contributed by atoms with van der Waals surface area (Å²) in [6.07, 6.45) is 2.99. The molecule has 2 heterocycles. The van der Waals surface area contributed by atoms with Crippen molar-refractivity contribution in [2.75, 3.05) is 0 Å². The SMILES string of the molecule is Fc1cc(-c2ccc[nH]2)cnc1F. The van der Waals surface area contributed by atoms with Gasteiger partial charge in [0.15, 0.2) is 5.82 Å². The van der Waals surface area contributed by atoms with E-state index in [9.17, 15) is 8.78 Å². The Labute approximate surface area is 73.2 Å². The van der Waals surface area contributed by atoms with Crippen molar-refractivity contribution >= 4 is 0 Å². The largest absolute Gasteiger partial charge is 0.361 e. The highest BCUT2D eigenvalue weighted by molar-refractivity contribution is 5.57. The molecule has 13 heavy (non-hydrogen) atoms. The zero-order valence-electron chi connectivity index (χ0n) is 6.59. The molecule has 2 aromatic heterocycles. The van der Waals surface area contributed by atoms with E-state index in [1.165, 1.54) is 6.20 Å². The molecule has 0 saturated carbocycles. The predicted molar refractivity (Wildman–Crippen MR) is 43.9 cm³/mol. The summed E-state index contributed by atoms with van der Waals surface area (Å²) >= 11 is 0. The second-order valence-corrected chi connectivity index (χ2v) is 2.58. The van der Waals surface area contributed by atoms with Gasteiger partial charge in [-0.05, 0) is 18.2 Å². The number of aromatic amines is 1. The highest BCUT2D eigenvalue weighted by Gasteiger charge is 2.05. The van der Waals surface area contributed by atoms with Crippen molar-refractivity contribution in [1.82, 2.24) is 9.97 Å². The zero-order valence-corrected chi connectivity index (χ0v) is 6.59. The first-order valence-electron chi connectivity index (χ1n) is 3.72. The Hall–Kier alpha value is -1.71. The van der Waals surface area contributed by atoms with Crippen LogP contribution in [0.25, 0.3) is 11.3 Å². The Bertz CT molecular complexity index is 410. The number of nitrogens with zero attached hydrogens (tertiary/aromatic N) is 1. The van der Waals surface area contributed by atoms with Gasteiger partial charge >= 0.3 is 0 Å². The molecule has 0 fully saturated rings. The molecule has 0 spiro atoms. The van der Waals surface area contributed by atoms with Gasteiger partial charge in [0.25, 0.3) is 0 Å². The second-order valence-electron chi connectivity index (χ2n) is 2.58. The molecule has 0 radical (unpaired) electrons. The van der Waals surface area contributed by atoms with Crippen molar-refractivity contribution in [3.05, 3.63) is 42.4 Å². The molecule has 0 saturated heterocycles. The van der Waals surface area contributed by atoms with Gasteiger partial charge in [-0.25, -0.2) is 9.37 Å². The highest BCUT2D eigenvalue weighted by Crippen LogP contribution is 2.17. The van der Waals surface area contributed by atoms with Crippen LogP contribution in [0.3, 0.4) is 0 Å². The van der Waals surface area contributed by atoms with E-state index in [0.717, 1.165) is 6.07 Å². The number of nitrogens with one attached hydrogen (secondary N) is 1. The molecule has 2 aromatic rings. The molecule has 0 aliphatic carbocycles. The van der Waals surface area contributed by atoms with Gasteiger partial charge in [-0.1, -0.05) is 0 Å². The number of aromatic nitrogens is 2. The first-order valence-corrected chi connectivity index (χ1v) is 3.72. The fourth-order valence-corrected chi connectivity index (χ4v) is 1.08. The van der Waals surface area contributed by atoms with E-state index in [4.69, 9.17) is 0 Å². The molecule has 1 N–H and O–H groups in total. The van der Waals surface area contributed by atoms with Gasteiger partial charge in [-0.15, -0.1) is 0 Å². The normalized spacial score (nSPS) is 10.3. The van der Waals surface area contributed by atoms with Crippen LogP contribution in [0.2, 0.25) is 0 Å². The van der Waals surface area contributed by atoms with Crippen LogP contribution in [0, 0.1) is 11.8 Å². The lowest BCUT2D eigenvalue weighted by molar-refractivity contribution is 0.480. The van der Waals surface area contributed by atoms with Crippen molar-refractivity contribution in [2.24, 2.45) is 0 Å². The zero-order chi connectivity index (χ0) is 9.26. The number of halogens is 2. The fourth-order valence-electron chi connectivity index (χ4n) is 1.08. The van der Waals surface area contributed by atoms with E-state index in [1.54, 1.807) is 18.3 Å². The van der Waals surface area contributed by atoms with E-state index < -0.39 is 11.8 Å². The third kappa shape index (κ3) is 1.42. The Balaban J connectivity index is 2.49. The van der Waals surface area contributed by atoms with E-state index >= 15 is 0 Å². The van der Waals surface area contributed by atoms with Crippen molar-refractivity contribution < 1.29 is 8.78 Å². The summed E-state index contributed by atoms with van der Waals surface area (Å²) in [6, 6.07) is 4.64. The molecule has 0 aliphatic heterocycles. The van der Waals surface area contributed by atoms with Crippen LogP contribution in [0.4, 0.5) is 8.78 Å². The Kier molecular flexibility index (Phi) is 1.81. The number of H-pyrrole nitrogens is 1. The van der Waals surface area contributed by atoms with Gasteiger partial charge in [0, 0.05) is 23.7 Å². The third-order valence-corrected chi connectivity index (χ3v) is 1.71. The van der Waals surface area contributed by atoms with E-state index in [-0.39, 0.29) is 0 Å². The summed E-state index contributed by atoms with van der Waals surface area (Å²) in [5.41, 5.74) is 1.25. The lowest BCUT2D eigenvalue weighted by Gasteiger charge is -1.97. The van der Waals surface area contributed by atoms with E-state index in [1.807, 2.05) is 0 Å². The topological polar surface area (TPSA) is 28.7 Å². The van der Waals surface area contributed by atoms with Gasteiger partial charge in [0.2, 0.25) is 5.95 Å². The molecule has 0 atom stereocenters. The fraction of sp³-hybridized carbons (Fsp3) is 0. The van der Waals surface area contributed by atoms with Gasteiger partial charge < -0.3 is 4.98 Å². The molecular formula is C9H6F2N2. The van der Waals surface area contributed by atoms with Crippen LogP contribution in [-0.4, -0.2) is 9.97 Å². The minimum absolute atomic E-state index is 0.531. The minimum Gasteiger partial charge on any atom is -0.361 e. The van der Waals surface area contributed by atoms with Crippen LogP contribution in [0.1, 0.15) is 0 Å². The summed E-state index contributed by atoms with van der Waals surface area (Å²) in [5.74, 6) is -2.01. The van der Waals surface area contributed by atoms with Gasteiger partial charge in [-0.2, -0.15) is 4.39 Å². The quantitative estimate of drug-likeness (QED) is 0.670. The highest BCUT2D eigenvalue weighted by atomic mass is 19.2. The summed E-state index contributed by atoms with van der Waals surface area (Å²) in [4.78, 5) is 6.14. The van der Waals surface area contributed by atoms with Crippen LogP contribution in [0.15, 0.2) is 30.6 Å². The number of hydrogen-bond donors (Lipinski definition) is 1. The average Bonchev–Trinajstić information content (AvgIpc) is 2.62. The molecular weight excluding hydrogens is 174 g/mol. The Morgan fingerprint density at radius 1 is 1.31 bits per heavy atom. The molecule has 0 aliphatic rings. The van der Waals surface area contributed by atoms with Crippen molar-refractivity contribution in [1.29, 1.82) is 0 Å². The van der Waals surface area contributed by atoms with Crippen LogP contribution < -0.4 is 0 Å². The maximum Gasteiger partial charge on any atom is 0.248 e. The summed E-state index contributed by atoms with van der Waals surface area (Å²) < 4.78 is 25.2. The molecule has 4 heteroatoms. The van der Waals surface area contributed by atoms with Crippen molar-refractivity contribution in [3.63, 3.8) is 0 Å². The number of hydrogen-bond acceptors (Lipinski definition) is 1. The van der Waals surface area contributed by atoms with Gasteiger partial charge in [0.1, 0.15) is 0 Å². The molecule has 66 valence electrons. The van der Waals surface area contributed by atoms with Crippen molar-refractivity contribution in [3.8, 4) is 11.3 Å². The lowest BCUT2D eigenvalue weighted by atomic mass is 10.2. The predicted octanol–water partition coefficient (Wildman–Crippen LogP) is 2.35. The Morgan fingerprint density at radius 2 is 2.15 bits per heavy atom. The van der Waals surface area contributed by atoms with E-state index in [2.05, 4.69) is 9.97 Å². The van der Waals surface area contributed by atoms with E-state index in [0.29, 0.717) is 11.3 Å². The smallest absolute Gasteiger partial charge is 0.248 e. The minimum atomic E-state index is -1.07. The molecule has 2 nitrogen and oxygen atoms in total. The number of rotatable bonds is 1. The van der Waals surface area contributed by atoms with Gasteiger partial charge in [-0.3, -0.25) is 0 Å². The first kappa shape index (κ1) is 7.91. The van der Waals surface area contributed by atoms with Crippen LogP contribution in [0.5, 0.6) is 0 Å². The number of pyridine rings is 1. The maximum atomic E-state index is 12.7. The lowest BCUT2D eigenvalue weighted by Crippen LogP contribution is -1.90. The summed E-state index contributed by atoms with van der Waals surface area (Å²) in [6.45, 7) is 0. The molecule has 2 rings (SSSR count). The van der Waals surface area contributed by atoms with Crippen LogP contribution in [-0.2, 0) is 0 Å². The standard InChI is InChI=1S/C9H6F2N2/c10-7-4-6(5-13-9(7)11)8-2-1-3-12-8/h1-5,12H. The molecule has 0 bridgehead atoms. The Morgan fingerprint density at radius 3 is 2.77 bits per heavy atom. The second kappa shape index (κ2) is 2.97. The monoisotopic (exact) mass is 180 g/mol. The summed E-state index contributed by atoms with van der Waals surface area (Å²) in [5, 5.41) is 0. The molecule has 0 unspecified atom stereocenters. The van der Waals surface area contributed by atoms with Crippen molar-refractivity contribution in [2.45, 2.75) is 0 Å². The van der Waals surface area contributed by atoms with Crippen LogP contribution >= 0.6 is 0 Å².